The zero-order chi connectivity index (χ0) is 17.9. The average Bonchev–Trinajstić information content (AvgIpc) is 2.68. The number of nitrogens with one attached hydrogen (secondary N) is 1. The quantitative estimate of drug-likeness (QED) is 0.909. The van der Waals surface area contributed by atoms with Crippen LogP contribution in [0.3, 0.4) is 0 Å². The minimum absolute atomic E-state index is 0.0839. The molecule has 1 aromatic heterocycles. The van der Waals surface area contributed by atoms with Gasteiger partial charge in [-0.2, -0.15) is 0 Å². The van der Waals surface area contributed by atoms with Crippen LogP contribution in [0.15, 0.2) is 24.3 Å². The van der Waals surface area contributed by atoms with Crippen molar-refractivity contribution in [3.63, 3.8) is 0 Å². The molecule has 5 nitrogen and oxygen atoms in total. The third kappa shape index (κ3) is 3.53. The van der Waals surface area contributed by atoms with Crippen LogP contribution in [-0.2, 0) is 0 Å². The molecular formula is C21H28N4O. The Morgan fingerprint density at radius 3 is 2.42 bits per heavy atom. The molecule has 1 saturated carbocycles. The summed E-state index contributed by atoms with van der Waals surface area (Å²) in [6.45, 7) is 4.32. The van der Waals surface area contributed by atoms with Crippen molar-refractivity contribution in [1.82, 2.24) is 15.5 Å². The zero-order valence-corrected chi connectivity index (χ0v) is 15.6. The topological polar surface area (TPSA) is 58.1 Å². The fraction of sp³-hybridized carbons (Fsp3) is 0.571. The molecule has 0 atom stereocenters. The lowest BCUT2D eigenvalue weighted by Gasteiger charge is -2.31. The van der Waals surface area contributed by atoms with Crippen molar-refractivity contribution in [2.24, 2.45) is 5.92 Å². The van der Waals surface area contributed by atoms with Crippen LogP contribution in [0, 0.1) is 5.92 Å². The van der Waals surface area contributed by atoms with Crippen molar-refractivity contribution in [3.8, 4) is 0 Å². The lowest BCUT2D eigenvalue weighted by molar-refractivity contribution is 0.0923. The lowest BCUT2D eigenvalue weighted by Crippen LogP contribution is -2.37. The predicted octanol–water partition coefficient (Wildman–Crippen LogP) is 3.93. The molecule has 1 aromatic carbocycles. The van der Waals surface area contributed by atoms with Crippen molar-refractivity contribution in [3.05, 3.63) is 30.0 Å². The number of fused-ring (bicyclic) bond motifs is 1. The summed E-state index contributed by atoms with van der Waals surface area (Å²) in [7, 11) is 0. The second kappa shape index (κ2) is 7.60. The second-order valence-corrected chi connectivity index (χ2v) is 7.90. The Morgan fingerprint density at radius 1 is 1.00 bits per heavy atom. The summed E-state index contributed by atoms with van der Waals surface area (Å²) in [6.07, 6.45) is 8.17. The van der Waals surface area contributed by atoms with Gasteiger partial charge < -0.3 is 10.2 Å². The van der Waals surface area contributed by atoms with Gasteiger partial charge in [0.05, 0.1) is 0 Å². The first kappa shape index (κ1) is 17.3. The smallest absolute Gasteiger partial charge is 0.272 e. The summed E-state index contributed by atoms with van der Waals surface area (Å²) < 4.78 is 0. The molecule has 1 aliphatic carbocycles. The van der Waals surface area contributed by atoms with Crippen LogP contribution < -0.4 is 10.2 Å². The Morgan fingerprint density at radius 2 is 1.69 bits per heavy atom. The van der Waals surface area contributed by atoms with Gasteiger partial charge >= 0.3 is 0 Å². The van der Waals surface area contributed by atoms with Gasteiger partial charge in [-0.25, -0.2) is 0 Å². The van der Waals surface area contributed by atoms with Crippen LogP contribution >= 0.6 is 0 Å². The highest BCUT2D eigenvalue weighted by Crippen LogP contribution is 2.29. The van der Waals surface area contributed by atoms with Crippen LogP contribution in [0.1, 0.15) is 62.4 Å². The molecule has 2 fully saturated rings. The maximum atomic E-state index is 12.8. The highest BCUT2D eigenvalue weighted by molar-refractivity contribution is 6.07. The first-order valence-electron chi connectivity index (χ1n) is 10.0. The number of rotatable bonds is 3. The molecule has 0 bridgehead atoms. The summed E-state index contributed by atoms with van der Waals surface area (Å²) >= 11 is 0. The Kier molecular flexibility index (Phi) is 5.05. The van der Waals surface area contributed by atoms with Crippen molar-refractivity contribution in [2.45, 2.75) is 57.9 Å². The maximum Gasteiger partial charge on any atom is 0.272 e. The van der Waals surface area contributed by atoms with Gasteiger partial charge in [0.2, 0.25) is 0 Å². The number of anilines is 1. The van der Waals surface area contributed by atoms with E-state index in [2.05, 4.69) is 33.4 Å². The molecule has 2 aliphatic rings. The van der Waals surface area contributed by atoms with E-state index in [1.165, 1.54) is 32.1 Å². The Hall–Kier alpha value is -2.17. The van der Waals surface area contributed by atoms with Gasteiger partial charge in [-0.15, -0.1) is 10.2 Å². The van der Waals surface area contributed by atoms with E-state index in [-0.39, 0.29) is 11.9 Å². The van der Waals surface area contributed by atoms with Gasteiger partial charge in [0, 0.05) is 29.9 Å². The van der Waals surface area contributed by atoms with Crippen molar-refractivity contribution < 1.29 is 4.79 Å². The summed E-state index contributed by atoms with van der Waals surface area (Å²) in [4.78, 5) is 15.1. The molecule has 1 amide bonds. The number of hydrogen-bond acceptors (Lipinski definition) is 4. The number of piperidine rings is 1. The summed E-state index contributed by atoms with van der Waals surface area (Å²) in [5.41, 5.74) is 0.459. The Balaban J connectivity index is 1.62. The fourth-order valence-corrected chi connectivity index (χ4v) is 4.21. The minimum Gasteiger partial charge on any atom is -0.355 e. The van der Waals surface area contributed by atoms with E-state index in [0.29, 0.717) is 5.69 Å². The summed E-state index contributed by atoms with van der Waals surface area (Å²) in [5.74, 6) is 1.60. The van der Waals surface area contributed by atoms with Gasteiger partial charge in [-0.1, -0.05) is 50.5 Å². The second-order valence-electron chi connectivity index (χ2n) is 7.90. The maximum absolute atomic E-state index is 12.8. The summed E-state index contributed by atoms with van der Waals surface area (Å²) in [5, 5.41) is 14.0. The van der Waals surface area contributed by atoms with Crippen LogP contribution in [-0.4, -0.2) is 35.2 Å². The highest BCUT2D eigenvalue weighted by Gasteiger charge is 2.23. The van der Waals surface area contributed by atoms with Crippen LogP contribution in [0.2, 0.25) is 0 Å². The summed E-state index contributed by atoms with van der Waals surface area (Å²) in [6, 6.07) is 8.33. The van der Waals surface area contributed by atoms with Crippen molar-refractivity contribution in [1.29, 1.82) is 0 Å². The van der Waals surface area contributed by atoms with Gasteiger partial charge in [0.1, 0.15) is 0 Å². The molecule has 26 heavy (non-hydrogen) atoms. The molecule has 138 valence electrons. The lowest BCUT2D eigenvalue weighted by atomic mass is 9.95. The van der Waals surface area contributed by atoms with E-state index in [0.717, 1.165) is 48.4 Å². The third-order valence-electron chi connectivity index (χ3n) is 5.91. The van der Waals surface area contributed by atoms with Crippen molar-refractivity contribution in [2.75, 3.05) is 18.0 Å². The molecule has 1 N–H and O–H groups in total. The van der Waals surface area contributed by atoms with E-state index < -0.39 is 0 Å². The van der Waals surface area contributed by atoms with E-state index in [4.69, 9.17) is 0 Å². The molecule has 0 unspecified atom stereocenters. The minimum atomic E-state index is -0.0839. The normalized spacial score (nSPS) is 19.7. The van der Waals surface area contributed by atoms with E-state index in [9.17, 15) is 4.79 Å². The molecule has 2 aromatic rings. The largest absolute Gasteiger partial charge is 0.355 e. The molecule has 2 heterocycles. The van der Waals surface area contributed by atoms with Gasteiger partial charge in [0.15, 0.2) is 11.5 Å². The number of hydrogen-bond donors (Lipinski definition) is 1. The standard InChI is InChI=1S/C21H28N4O/c1-15-11-13-25(14-12-15)20-18-10-6-5-9-17(18)19(23-24-20)21(26)22-16-7-3-2-4-8-16/h5-6,9-10,15-16H,2-4,7-8,11-14H2,1H3,(H,22,26). The Bertz CT molecular complexity index is 777. The van der Waals surface area contributed by atoms with Gasteiger partial charge in [0.25, 0.3) is 5.91 Å². The molecule has 1 aliphatic heterocycles. The molecule has 5 heteroatoms. The number of benzene rings is 1. The van der Waals surface area contributed by atoms with Gasteiger partial charge in [-0.05, 0) is 31.6 Å². The van der Waals surface area contributed by atoms with Crippen molar-refractivity contribution >= 4 is 22.5 Å². The first-order valence-corrected chi connectivity index (χ1v) is 10.0. The fourth-order valence-electron chi connectivity index (χ4n) is 4.21. The average molecular weight is 352 g/mol. The number of amides is 1. The van der Waals surface area contributed by atoms with Crippen LogP contribution in [0.25, 0.3) is 10.8 Å². The monoisotopic (exact) mass is 352 g/mol. The molecule has 0 radical (unpaired) electrons. The van der Waals surface area contributed by atoms with E-state index >= 15 is 0 Å². The molecule has 1 saturated heterocycles. The van der Waals surface area contributed by atoms with E-state index in [1.807, 2.05) is 18.2 Å². The van der Waals surface area contributed by atoms with Crippen LogP contribution in [0.5, 0.6) is 0 Å². The number of carbonyl (C=O) groups excluding carboxylic acids is 1. The van der Waals surface area contributed by atoms with Crippen LogP contribution in [0.4, 0.5) is 5.82 Å². The molecule has 0 spiro atoms. The highest BCUT2D eigenvalue weighted by atomic mass is 16.2. The zero-order valence-electron chi connectivity index (χ0n) is 15.6. The first-order chi connectivity index (χ1) is 12.7. The number of aromatic nitrogens is 2. The number of carbonyl (C=O) groups is 1. The SMILES string of the molecule is CC1CCN(c2nnc(C(=O)NC3CCCCC3)c3ccccc23)CC1. The van der Waals surface area contributed by atoms with Gasteiger partial charge in [-0.3, -0.25) is 4.79 Å². The third-order valence-corrected chi connectivity index (χ3v) is 5.91. The molecular weight excluding hydrogens is 324 g/mol. The number of nitrogens with zero attached hydrogens (tertiary/aromatic N) is 3. The Labute approximate surface area is 155 Å². The van der Waals surface area contributed by atoms with E-state index in [1.54, 1.807) is 0 Å². The molecule has 4 rings (SSSR count). The predicted molar refractivity (Wildman–Crippen MR) is 104 cm³/mol.